The number of nitro benzene ring substituents is 1. The van der Waals surface area contributed by atoms with Gasteiger partial charge in [0, 0.05) is 6.07 Å². The van der Waals surface area contributed by atoms with Crippen LogP contribution in [0.3, 0.4) is 0 Å². The fourth-order valence-electron chi connectivity index (χ4n) is 1.44. The molecule has 118 valence electrons. The zero-order valence-corrected chi connectivity index (χ0v) is 10.2. The van der Waals surface area contributed by atoms with Crippen molar-refractivity contribution >= 4 is 5.69 Å². The van der Waals surface area contributed by atoms with Crippen molar-refractivity contribution in [2.75, 3.05) is 6.61 Å². The van der Waals surface area contributed by atoms with E-state index in [4.69, 9.17) is 0 Å². The normalized spacial score (nSPS) is 12.1. The third kappa shape index (κ3) is 4.39. The van der Waals surface area contributed by atoms with Gasteiger partial charge >= 0.3 is 18.2 Å². The summed E-state index contributed by atoms with van der Waals surface area (Å²) in [6.45, 7) is 1.22. The van der Waals surface area contributed by atoms with Gasteiger partial charge in [-0.1, -0.05) is 0 Å². The van der Waals surface area contributed by atoms with E-state index in [9.17, 15) is 36.5 Å². The van der Waals surface area contributed by atoms with Gasteiger partial charge in [0.1, 0.15) is 11.3 Å². The van der Waals surface area contributed by atoms with Gasteiger partial charge in [-0.25, -0.2) is 0 Å². The average Bonchev–Trinajstić information content (AvgIpc) is 2.24. The van der Waals surface area contributed by atoms with E-state index in [1.165, 1.54) is 6.92 Å². The summed E-state index contributed by atoms with van der Waals surface area (Å²) >= 11 is 0. The number of rotatable bonds is 4. The summed E-state index contributed by atoms with van der Waals surface area (Å²) in [5.41, 5.74) is -3.72. The molecule has 0 unspecified atom stereocenters. The van der Waals surface area contributed by atoms with Crippen molar-refractivity contribution in [1.82, 2.24) is 0 Å². The number of hydrogen-bond donors (Lipinski definition) is 0. The lowest BCUT2D eigenvalue weighted by atomic mass is 10.1. The molecule has 0 aliphatic rings. The number of nitro groups is 1. The van der Waals surface area contributed by atoms with Crippen molar-refractivity contribution in [2.24, 2.45) is 0 Å². The summed E-state index contributed by atoms with van der Waals surface area (Å²) in [5.74, 6) is -2.22. The predicted octanol–water partition coefficient (Wildman–Crippen LogP) is 3.91. The molecular formula is C10H7F6NO4. The Kier molecular flexibility index (Phi) is 4.54. The molecule has 0 N–H and O–H groups in total. The van der Waals surface area contributed by atoms with Crippen molar-refractivity contribution in [2.45, 2.75) is 19.5 Å². The van der Waals surface area contributed by atoms with Gasteiger partial charge in [0.05, 0.1) is 11.5 Å². The Balaban J connectivity index is 3.57. The molecule has 0 radical (unpaired) electrons. The number of hydrogen-bond acceptors (Lipinski definition) is 4. The maximum Gasteiger partial charge on any atom is 0.573 e. The van der Waals surface area contributed by atoms with Crippen LogP contribution in [0.25, 0.3) is 0 Å². The number of nitrogens with zero attached hydrogens (tertiary/aromatic N) is 1. The van der Waals surface area contributed by atoms with Crippen molar-refractivity contribution in [3.63, 3.8) is 0 Å². The molecule has 0 aromatic heterocycles. The van der Waals surface area contributed by atoms with Crippen LogP contribution in [0.5, 0.6) is 11.5 Å². The topological polar surface area (TPSA) is 61.6 Å². The molecule has 5 nitrogen and oxygen atoms in total. The van der Waals surface area contributed by atoms with Crippen LogP contribution < -0.4 is 9.47 Å². The molecular weight excluding hydrogens is 312 g/mol. The van der Waals surface area contributed by atoms with Crippen LogP contribution in [0.15, 0.2) is 12.1 Å². The van der Waals surface area contributed by atoms with E-state index >= 15 is 0 Å². The van der Waals surface area contributed by atoms with E-state index in [0.29, 0.717) is 6.07 Å². The molecule has 0 saturated carbocycles. The van der Waals surface area contributed by atoms with Crippen molar-refractivity contribution in [3.8, 4) is 11.5 Å². The number of ether oxygens (including phenoxy) is 2. The van der Waals surface area contributed by atoms with E-state index < -0.39 is 40.2 Å². The van der Waals surface area contributed by atoms with Gasteiger partial charge in [-0.3, -0.25) is 10.1 Å². The third-order valence-electron chi connectivity index (χ3n) is 2.07. The summed E-state index contributed by atoms with van der Waals surface area (Å²) < 4.78 is 82.7. The van der Waals surface area contributed by atoms with E-state index in [0.717, 1.165) is 0 Å². The zero-order valence-electron chi connectivity index (χ0n) is 10.2. The molecule has 0 amide bonds. The van der Waals surface area contributed by atoms with Gasteiger partial charge < -0.3 is 9.47 Å². The molecule has 0 fully saturated rings. The Morgan fingerprint density at radius 1 is 1.19 bits per heavy atom. The highest BCUT2D eigenvalue weighted by molar-refractivity contribution is 5.58. The fourth-order valence-corrected chi connectivity index (χ4v) is 1.44. The Hall–Kier alpha value is -2.20. The van der Waals surface area contributed by atoms with E-state index in [1.54, 1.807) is 0 Å². The van der Waals surface area contributed by atoms with Crippen LogP contribution in [0.4, 0.5) is 32.0 Å². The first-order chi connectivity index (χ1) is 9.45. The van der Waals surface area contributed by atoms with Crippen LogP contribution in [-0.2, 0) is 6.18 Å². The lowest BCUT2D eigenvalue weighted by Crippen LogP contribution is -2.19. The highest BCUT2D eigenvalue weighted by Crippen LogP contribution is 2.45. The van der Waals surface area contributed by atoms with Crippen molar-refractivity contribution < 1.29 is 40.7 Å². The first-order valence-corrected chi connectivity index (χ1v) is 5.24. The minimum absolute atomic E-state index is 0.152. The average molecular weight is 319 g/mol. The molecule has 0 saturated heterocycles. The van der Waals surface area contributed by atoms with Gasteiger partial charge in [0.15, 0.2) is 0 Å². The monoisotopic (exact) mass is 319 g/mol. The molecule has 0 heterocycles. The van der Waals surface area contributed by atoms with Crippen LogP contribution in [0, 0.1) is 10.1 Å². The minimum Gasteiger partial charge on any atom is -0.494 e. The van der Waals surface area contributed by atoms with Crippen LogP contribution in [0.1, 0.15) is 12.5 Å². The maximum atomic E-state index is 12.7. The van der Waals surface area contributed by atoms with Gasteiger partial charge in [-0.2, -0.15) is 13.2 Å². The molecule has 0 atom stereocenters. The highest BCUT2D eigenvalue weighted by Gasteiger charge is 2.44. The first-order valence-electron chi connectivity index (χ1n) is 5.24. The van der Waals surface area contributed by atoms with Crippen LogP contribution in [0.2, 0.25) is 0 Å². The van der Waals surface area contributed by atoms with Crippen LogP contribution >= 0.6 is 0 Å². The number of benzene rings is 1. The summed E-state index contributed by atoms with van der Waals surface area (Å²) in [6, 6.07) is 0.620. The zero-order chi connectivity index (χ0) is 16.4. The summed E-state index contributed by atoms with van der Waals surface area (Å²) in [7, 11) is 0. The molecule has 1 aromatic carbocycles. The fraction of sp³-hybridized carbons (Fsp3) is 0.400. The summed E-state index contributed by atoms with van der Waals surface area (Å²) in [4.78, 5) is 9.06. The lowest BCUT2D eigenvalue weighted by Gasteiger charge is -2.15. The Labute approximate surface area is 113 Å². The largest absolute Gasteiger partial charge is 0.573 e. The molecule has 0 bridgehead atoms. The van der Waals surface area contributed by atoms with Crippen molar-refractivity contribution in [1.29, 1.82) is 0 Å². The Morgan fingerprint density at radius 2 is 1.76 bits per heavy atom. The van der Waals surface area contributed by atoms with E-state index in [1.807, 2.05) is 0 Å². The Bertz CT molecular complexity index is 540. The maximum absolute atomic E-state index is 12.7. The van der Waals surface area contributed by atoms with Gasteiger partial charge in [-0.05, 0) is 13.0 Å². The second-order valence-corrected chi connectivity index (χ2v) is 3.55. The van der Waals surface area contributed by atoms with Crippen molar-refractivity contribution in [3.05, 3.63) is 27.8 Å². The highest BCUT2D eigenvalue weighted by atomic mass is 19.4. The molecule has 0 aliphatic heterocycles. The number of alkyl halides is 6. The SMILES string of the molecule is CCOc1cc(OC(F)(F)F)c([N+](=O)[O-])c(C(F)(F)F)c1. The van der Waals surface area contributed by atoms with E-state index in [2.05, 4.69) is 9.47 Å². The number of halogens is 6. The minimum atomic E-state index is -5.39. The van der Waals surface area contributed by atoms with E-state index in [-0.39, 0.29) is 12.7 Å². The molecule has 21 heavy (non-hydrogen) atoms. The quantitative estimate of drug-likeness (QED) is 0.479. The van der Waals surface area contributed by atoms with Gasteiger partial charge in [0.2, 0.25) is 5.75 Å². The second-order valence-electron chi connectivity index (χ2n) is 3.55. The standard InChI is InChI=1S/C10H7F6NO4/c1-2-20-5-3-6(9(11,12)13)8(17(18)19)7(4-5)21-10(14,15)16/h3-4H,2H2,1H3. The Morgan fingerprint density at radius 3 is 2.14 bits per heavy atom. The first kappa shape index (κ1) is 16.9. The smallest absolute Gasteiger partial charge is 0.494 e. The van der Waals surface area contributed by atoms with Gasteiger partial charge in [-0.15, -0.1) is 13.2 Å². The predicted molar refractivity (Wildman–Crippen MR) is 56.0 cm³/mol. The lowest BCUT2D eigenvalue weighted by molar-refractivity contribution is -0.391. The second kappa shape index (κ2) is 5.66. The molecule has 1 aromatic rings. The van der Waals surface area contributed by atoms with Crippen LogP contribution in [-0.4, -0.2) is 17.9 Å². The molecule has 0 aliphatic carbocycles. The summed E-state index contributed by atoms with van der Waals surface area (Å²) in [5, 5.41) is 10.7. The van der Waals surface area contributed by atoms with Gasteiger partial charge in [0.25, 0.3) is 0 Å². The molecule has 0 spiro atoms. The summed E-state index contributed by atoms with van der Waals surface area (Å²) in [6.07, 6.45) is -10.6. The molecule has 11 heteroatoms. The molecule has 1 rings (SSSR count). The third-order valence-corrected chi connectivity index (χ3v) is 2.07.